The van der Waals surface area contributed by atoms with Crippen LogP contribution in [0.3, 0.4) is 0 Å². The third-order valence-corrected chi connectivity index (χ3v) is 5.72. The van der Waals surface area contributed by atoms with Gasteiger partial charge in [0.05, 0.1) is 5.25 Å². The molecule has 1 unspecified atom stereocenters. The number of hydrogen-bond acceptors (Lipinski definition) is 4. The van der Waals surface area contributed by atoms with E-state index in [0.29, 0.717) is 38.2 Å². The lowest BCUT2D eigenvalue weighted by Crippen LogP contribution is -2.36. The second-order valence-electron chi connectivity index (χ2n) is 5.70. The monoisotopic (exact) mass is 366 g/mol. The Morgan fingerprint density at radius 1 is 1.33 bits per heavy atom. The van der Waals surface area contributed by atoms with Gasteiger partial charge >= 0.3 is 6.18 Å². The molecule has 0 amide bonds. The fraction of sp³-hybridized carbons (Fsp3) is 0.600. The summed E-state index contributed by atoms with van der Waals surface area (Å²) in [6, 6.07) is 6.51. The minimum Gasteiger partial charge on any atom is -0.484 e. The van der Waals surface area contributed by atoms with Gasteiger partial charge in [-0.1, -0.05) is 25.1 Å². The predicted molar refractivity (Wildman–Crippen MR) is 84.3 cm³/mol. The number of nitrogens with zero attached hydrogens (tertiary/aromatic N) is 1. The van der Waals surface area contributed by atoms with Gasteiger partial charge in [0, 0.05) is 25.2 Å². The van der Waals surface area contributed by atoms with Crippen LogP contribution in [0.4, 0.5) is 13.2 Å². The molecule has 1 fully saturated rings. The lowest BCUT2D eigenvalue weighted by atomic mass is 10.2. The fourth-order valence-electron chi connectivity index (χ4n) is 2.69. The minimum atomic E-state index is -4.40. The van der Waals surface area contributed by atoms with Crippen LogP contribution in [0.15, 0.2) is 24.3 Å². The molecule has 1 saturated heterocycles. The van der Waals surface area contributed by atoms with Crippen molar-refractivity contribution >= 4 is 10.0 Å². The summed E-state index contributed by atoms with van der Waals surface area (Å²) in [5.74, 6) is 0.174. The average Bonchev–Trinajstić information content (AvgIpc) is 2.95. The molecule has 136 valence electrons. The molecule has 0 bridgehead atoms. The maximum absolute atomic E-state index is 12.3. The second-order valence-corrected chi connectivity index (χ2v) is 7.75. The quantitative estimate of drug-likeness (QED) is 0.803. The van der Waals surface area contributed by atoms with Crippen molar-refractivity contribution in [2.75, 3.05) is 26.2 Å². The molecule has 0 spiro atoms. The smallest absolute Gasteiger partial charge is 0.422 e. The van der Waals surface area contributed by atoms with Gasteiger partial charge in [-0.15, -0.1) is 0 Å². The summed E-state index contributed by atoms with van der Waals surface area (Å²) in [6.07, 6.45) is -3.90. The van der Waals surface area contributed by atoms with E-state index in [0.717, 1.165) is 0 Å². The van der Waals surface area contributed by atoms with E-state index < -0.39 is 28.1 Å². The zero-order valence-corrected chi connectivity index (χ0v) is 14.2. The zero-order chi connectivity index (χ0) is 17.8. The highest BCUT2D eigenvalue weighted by Crippen LogP contribution is 2.25. The Hall–Kier alpha value is -1.32. The Morgan fingerprint density at radius 3 is 2.71 bits per heavy atom. The summed E-state index contributed by atoms with van der Waals surface area (Å²) < 4.78 is 68.4. The molecule has 1 aliphatic rings. The van der Waals surface area contributed by atoms with Crippen LogP contribution in [0.1, 0.15) is 18.9 Å². The molecule has 0 saturated carbocycles. The van der Waals surface area contributed by atoms with Gasteiger partial charge in [0.1, 0.15) is 5.75 Å². The van der Waals surface area contributed by atoms with Gasteiger partial charge in [-0.25, -0.2) is 13.1 Å². The second kappa shape index (κ2) is 7.71. The van der Waals surface area contributed by atoms with Crippen molar-refractivity contribution in [3.63, 3.8) is 0 Å². The summed E-state index contributed by atoms with van der Waals surface area (Å²) in [5, 5.41) is -0.499. The molecule has 0 aliphatic carbocycles. The van der Waals surface area contributed by atoms with Crippen molar-refractivity contribution in [1.29, 1.82) is 0 Å². The van der Waals surface area contributed by atoms with Crippen LogP contribution in [-0.4, -0.2) is 51.0 Å². The summed E-state index contributed by atoms with van der Waals surface area (Å²) in [4.78, 5) is 1.91. The van der Waals surface area contributed by atoms with Crippen molar-refractivity contribution in [3.8, 4) is 5.75 Å². The van der Waals surface area contributed by atoms with Gasteiger partial charge < -0.3 is 4.74 Å². The van der Waals surface area contributed by atoms with Crippen molar-refractivity contribution in [3.05, 3.63) is 29.8 Å². The Morgan fingerprint density at radius 2 is 2.04 bits per heavy atom. The van der Waals surface area contributed by atoms with Crippen LogP contribution in [0.25, 0.3) is 0 Å². The summed E-state index contributed by atoms with van der Waals surface area (Å²) in [5.41, 5.74) is 0.614. The minimum absolute atomic E-state index is 0.174. The molecule has 0 radical (unpaired) electrons. The fourth-order valence-corrected chi connectivity index (χ4v) is 4.15. The predicted octanol–water partition coefficient (Wildman–Crippen LogP) is 2.14. The summed E-state index contributed by atoms with van der Waals surface area (Å²) in [7, 11) is -3.35. The maximum atomic E-state index is 12.3. The van der Waals surface area contributed by atoms with Crippen LogP contribution >= 0.6 is 0 Å². The van der Waals surface area contributed by atoms with Crippen LogP contribution in [0, 0.1) is 0 Å². The Kier molecular flexibility index (Phi) is 6.11. The zero-order valence-electron chi connectivity index (χ0n) is 13.3. The Labute approximate surface area is 139 Å². The number of rotatable bonds is 7. The number of para-hydroxylation sites is 1. The highest BCUT2D eigenvalue weighted by molar-refractivity contribution is 7.90. The number of sulfonamides is 1. The van der Waals surface area contributed by atoms with Crippen molar-refractivity contribution in [1.82, 2.24) is 9.62 Å². The van der Waals surface area contributed by atoms with E-state index >= 15 is 0 Å². The molecule has 1 aromatic carbocycles. The third-order valence-electron chi connectivity index (χ3n) is 3.77. The van der Waals surface area contributed by atoms with E-state index in [9.17, 15) is 21.6 Å². The molecular formula is C15H21F3N2O3S. The third kappa shape index (κ3) is 5.35. The van der Waals surface area contributed by atoms with E-state index in [1.54, 1.807) is 25.1 Å². The molecular weight excluding hydrogens is 345 g/mol. The topological polar surface area (TPSA) is 58.6 Å². The molecule has 24 heavy (non-hydrogen) atoms. The molecule has 1 N–H and O–H groups in total. The van der Waals surface area contributed by atoms with Gasteiger partial charge in [0.2, 0.25) is 10.0 Å². The first kappa shape index (κ1) is 19.0. The van der Waals surface area contributed by atoms with Crippen LogP contribution < -0.4 is 9.46 Å². The van der Waals surface area contributed by atoms with Crippen LogP contribution in [0.2, 0.25) is 0 Å². The van der Waals surface area contributed by atoms with E-state index in [2.05, 4.69) is 4.72 Å². The number of likely N-dealkylation sites (tertiary alicyclic amines) is 1. The molecule has 1 aromatic rings. The van der Waals surface area contributed by atoms with E-state index in [1.807, 2.05) is 4.90 Å². The standard InChI is InChI=1S/C15H21F3N2O3S/c1-2-19-24(21,22)13-7-8-20(10-13)9-12-5-3-4-6-14(12)23-11-15(16,17)18/h3-6,13,19H,2,7-11H2,1H3. The van der Waals surface area contributed by atoms with E-state index in [1.165, 1.54) is 6.07 Å². The van der Waals surface area contributed by atoms with Crippen LogP contribution in [0.5, 0.6) is 5.75 Å². The Bertz CT molecular complexity index is 650. The van der Waals surface area contributed by atoms with Gasteiger partial charge in [0.25, 0.3) is 0 Å². The SMILES string of the molecule is CCNS(=O)(=O)C1CCN(Cc2ccccc2OCC(F)(F)F)C1. The van der Waals surface area contributed by atoms with Gasteiger partial charge in [-0.05, 0) is 19.0 Å². The van der Waals surface area contributed by atoms with Crippen molar-refractivity contribution in [2.24, 2.45) is 0 Å². The summed E-state index contributed by atoms with van der Waals surface area (Å²) in [6.45, 7) is 1.99. The lowest BCUT2D eigenvalue weighted by molar-refractivity contribution is -0.153. The molecule has 9 heteroatoms. The van der Waals surface area contributed by atoms with Crippen LogP contribution in [-0.2, 0) is 16.6 Å². The largest absolute Gasteiger partial charge is 0.484 e. The molecule has 1 atom stereocenters. The van der Waals surface area contributed by atoms with Crippen molar-refractivity contribution in [2.45, 2.75) is 31.3 Å². The first-order chi connectivity index (χ1) is 11.2. The number of ether oxygens (including phenoxy) is 1. The number of benzene rings is 1. The molecule has 5 nitrogen and oxygen atoms in total. The van der Waals surface area contributed by atoms with Gasteiger partial charge in [-0.3, -0.25) is 4.90 Å². The number of alkyl halides is 3. The highest BCUT2D eigenvalue weighted by atomic mass is 32.2. The normalized spacial score (nSPS) is 19.6. The molecule has 1 aliphatic heterocycles. The van der Waals surface area contributed by atoms with Gasteiger partial charge in [-0.2, -0.15) is 13.2 Å². The maximum Gasteiger partial charge on any atom is 0.422 e. The first-order valence-corrected chi connectivity index (χ1v) is 9.24. The highest BCUT2D eigenvalue weighted by Gasteiger charge is 2.33. The molecule has 2 rings (SSSR count). The Balaban J connectivity index is 2.00. The van der Waals surface area contributed by atoms with Gasteiger partial charge in [0.15, 0.2) is 6.61 Å². The van der Waals surface area contributed by atoms with E-state index in [4.69, 9.17) is 4.74 Å². The number of hydrogen-bond donors (Lipinski definition) is 1. The lowest BCUT2D eigenvalue weighted by Gasteiger charge is -2.19. The number of halogens is 3. The number of nitrogens with one attached hydrogen (secondary N) is 1. The van der Waals surface area contributed by atoms with Crippen molar-refractivity contribution < 1.29 is 26.3 Å². The average molecular weight is 366 g/mol. The molecule has 1 heterocycles. The first-order valence-electron chi connectivity index (χ1n) is 7.69. The van der Waals surface area contributed by atoms with E-state index in [-0.39, 0.29) is 5.75 Å². The molecule has 0 aromatic heterocycles. The summed E-state index contributed by atoms with van der Waals surface area (Å²) >= 11 is 0.